The van der Waals surface area contributed by atoms with Crippen LogP contribution in [0.5, 0.6) is 0 Å². The predicted octanol–water partition coefficient (Wildman–Crippen LogP) is 6.07. The van der Waals surface area contributed by atoms with E-state index in [4.69, 9.17) is 9.47 Å². The zero-order valence-electron chi connectivity index (χ0n) is 23.3. The van der Waals surface area contributed by atoms with Crippen molar-refractivity contribution < 1.29 is 23.9 Å². The number of amides is 2. The third kappa shape index (κ3) is 9.63. The van der Waals surface area contributed by atoms with Crippen LogP contribution >= 0.6 is 0 Å². The van der Waals surface area contributed by atoms with Gasteiger partial charge in [-0.25, -0.2) is 9.59 Å². The number of alkyl carbamates (subject to hydrolysis) is 2. The molecule has 0 bridgehead atoms. The van der Waals surface area contributed by atoms with E-state index in [-0.39, 0.29) is 24.3 Å². The molecule has 208 valence electrons. The lowest BCUT2D eigenvalue weighted by Crippen LogP contribution is -2.44. The maximum atomic E-state index is 13.3. The van der Waals surface area contributed by atoms with Crippen LogP contribution in [0.4, 0.5) is 9.59 Å². The van der Waals surface area contributed by atoms with Crippen LogP contribution < -0.4 is 10.6 Å². The van der Waals surface area contributed by atoms with Crippen LogP contribution in [0.25, 0.3) is 10.9 Å². The molecule has 1 heterocycles. The smallest absolute Gasteiger partial charge is 0.408 e. The van der Waals surface area contributed by atoms with Gasteiger partial charge in [-0.2, -0.15) is 0 Å². The fraction of sp³-hybridized carbons (Fsp3) is 0.387. The molecule has 8 nitrogen and oxygen atoms in total. The summed E-state index contributed by atoms with van der Waals surface area (Å²) < 4.78 is 10.7. The number of para-hydroxylation sites is 1. The largest absolute Gasteiger partial charge is 0.445 e. The molecular formula is C31H39N3O5. The molecule has 0 aliphatic rings. The Bertz CT molecular complexity index is 1270. The molecule has 0 aliphatic carbocycles. The average molecular weight is 534 g/mol. The molecule has 8 heteroatoms. The van der Waals surface area contributed by atoms with E-state index < -0.39 is 23.8 Å². The van der Waals surface area contributed by atoms with E-state index in [1.165, 1.54) is 6.08 Å². The molecule has 0 unspecified atom stereocenters. The molecule has 0 radical (unpaired) electrons. The molecule has 1 aromatic heterocycles. The molecule has 3 aromatic rings. The third-order valence-corrected chi connectivity index (χ3v) is 6.13. The monoisotopic (exact) mass is 533 g/mol. The molecule has 0 spiro atoms. The zero-order chi connectivity index (χ0) is 28.4. The fourth-order valence-electron chi connectivity index (χ4n) is 4.05. The zero-order valence-corrected chi connectivity index (χ0v) is 23.3. The number of aromatic nitrogens is 1. The van der Waals surface area contributed by atoms with Crippen LogP contribution in [0.15, 0.2) is 72.9 Å². The van der Waals surface area contributed by atoms with Gasteiger partial charge in [-0.1, -0.05) is 68.5 Å². The van der Waals surface area contributed by atoms with Gasteiger partial charge in [-0.05, 0) is 56.4 Å². The summed E-state index contributed by atoms with van der Waals surface area (Å²) in [5.74, 6) is -0.156. The average Bonchev–Trinajstić information content (AvgIpc) is 3.28. The number of carbonyl (C=O) groups is 3. The van der Waals surface area contributed by atoms with Crippen molar-refractivity contribution >= 4 is 28.9 Å². The Kier molecular flexibility index (Phi) is 10.3. The summed E-state index contributed by atoms with van der Waals surface area (Å²) in [7, 11) is 0. The second kappa shape index (κ2) is 13.6. The van der Waals surface area contributed by atoms with E-state index in [1.807, 2.05) is 74.6 Å². The number of carbonyl (C=O) groups excluding carboxylic acids is 3. The number of aromatic amines is 1. The highest BCUT2D eigenvalue weighted by atomic mass is 16.6. The van der Waals surface area contributed by atoms with E-state index in [0.29, 0.717) is 12.8 Å². The standard InChI is InChI=1S/C31H39N3O5/c1-21(2)25(33-29(36)38-20-22-12-7-6-8-13-22)16-11-17-28(35)27(34-30(37)39-31(3,4)5)18-23-19-32-26-15-10-9-14-24(23)26/h6-15,17,19,21,25,27,32H,16,18,20H2,1-5H3,(H,33,36)(H,34,37)/b17-11+/t25-,27-/m1/s1. The van der Waals surface area contributed by atoms with Crippen molar-refractivity contribution in [2.24, 2.45) is 5.92 Å². The van der Waals surface area contributed by atoms with Gasteiger partial charge in [0.25, 0.3) is 0 Å². The maximum absolute atomic E-state index is 13.3. The number of hydrogen-bond donors (Lipinski definition) is 3. The number of fused-ring (bicyclic) bond motifs is 1. The van der Waals surface area contributed by atoms with Crippen LogP contribution in [0.3, 0.4) is 0 Å². The van der Waals surface area contributed by atoms with E-state index >= 15 is 0 Å². The predicted molar refractivity (Wildman–Crippen MR) is 152 cm³/mol. The molecule has 0 fully saturated rings. The summed E-state index contributed by atoms with van der Waals surface area (Å²) in [4.78, 5) is 41.4. The molecule has 2 atom stereocenters. The van der Waals surface area contributed by atoms with Crippen molar-refractivity contribution in [3.05, 3.63) is 84.1 Å². The molecule has 0 saturated carbocycles. The summed E-state index contributed by atoms with van der Waals surface area (Å²) in [6, 6.07) is 16.2. The summed E-state index contributed by atoms with van der Waals surface area (Å²) in [5.41, 5.74) is 2.07. The first-order chi connectivity index (χ1) is 18.5. The Balaban J connectivity index is 1.65. The SMILES string of the molecule is CC(C)[C@@H](C/C=C/C(=O)[C@@H](Cc1c[nH]c2ccccc12)NC(=O)OC(C)(C)C)NC(=O)OCc1ccccc1. The lowest BCUT2D eigenvalue weighted by atomic mass is 9.99. The van der Waals surface area contributed by atoms with Crippen molar-refractivity contribution in [2.45, 2.75) is 71.8 Å². The Morgan fingerprint density at radius 2 is 1.64 bits per heavy atom. The van der Waals surface area contributed by atoms with Crippen LogP contribution in [0.2, 0.25) is 0 Å². The van der Waals surface area contributed by atoms with Crippen LogP contribution in [0, 0.1) is 5.92 Å². The third-order valence-electron chi connectivity index (χ3n) is 6.13. The van der Waals surface area contributed by atoms with Gasteiger partial charge in [-0.15, -0.1) is 0 Å². The fourth-order valence-corrected chi connectivity index (χ4v) is 4.05. The highest BCUT2D eigenvalue weighted by molar-refractivity contribution is 5.97. The molecule has 0 saturated heterocycles. The first-order valence-corrected chi connectivity index (χ1v) is 13.2. The maximum Gasteiger partial charge on any atom is 0.408 e. The topological polar surface area (TPSA) is 110 Å². The van der Waals surface area contributed by atoms with E-state index in [0.717, 1.165) is 22.0 Å². The molecule has 39 heavy (non-hydrogen) atoms. The van der Waals surface area contributed by atoms with Crippen LogP contribution in [-0.2, 0) is 27.3 Å². The minimum Gasteiger partial charge on any atom is -0.445 e. The van der Waals surface area contributed by atoms with Crippen LogP contribution in [0.1, 0.15) is 52.2 Å². The molecule has 2 aromatic carbocycles. The van der Waals surface area contributed by atoms with Crippen molar-refractivity contribution in [3.63, 3.8) is 0 Å². The molecule has 0 aliphatic heterocycles. The Labute approximate surface area is 230 Å². The summed E-state index contributed by atoms with van der Waals surface area (Å²) in [5, 5.41) is 6.61. The first-order valence-electron chi connectivity index (χ1n) is 13.2. The summed E-state index contributed by atoms with van der Waals surface area (Å²) in [6.45, 7) is 9.47. The van der Waals surface area contributed by atoms with Gasteiger partial charge in [0.15, 0.2) is 5.78 Å². The highest BCUT2D eigenvalue weighted by Crippen LogP contribution is 2.20. The summed E-state index contributed by atoms with van der Waals surface area (Å²) >= 11 is 0. The first kappa shape index (κ1) is 29.5. The van der Waals surface area contributed by atoms with Gasteiger partial charge < -0.3 is 25.1 Å². The molecule has 3 N–H and O–H groups in total. The van der Waals surface area contributed by atoms with Crippen molar-refractivity contribution in [2.75, 3.05) is 0 Å². The normalized spacial score (nSPS) is 13.3. The number of hydrogen-bond acceptors (Lipinski definition) is 5. The van der Waals surface area contributed by atoms with Crippen molar-refractivity contribution in [1.29, 1.82) is 0 Å². The molecular weight excluding hydrogens is 494 g/mol. The lowest BCUT2D eigenvalue weighted by molar-refractivity contribution is -0.116. The second-order valence-corrected chi connectivity index (χ2v) is 10.9. The van der Waals surface area contributed by atoms with Gasteiger partial charge in [0.2, 0.25) is 0 Å². The minimum atomic E-state index is -0.823. The second-order valence-electron chi connectivity index (χ2n) is 10.9. The minimum absolute atomic E-state index is 0.107. The van der Waals surface area contributed by atoms with Gasteiger partial charge in [-0.3, -0.25) is 4.79 Å². The van der Waals surface area contributed by atoms with Gasteiger partial charge in [0.1, 0.15) is 12.2 Å². The van der Waals surface area contributed by atoms with E-state index in [9.17, 15) is 14.4 Å². The van der Waals surface area contributed by atoms with E-state index in [1.54, 1.807) is 26.8 Å². The number of benzene rings is 2. The van der Waals surface area contributed by atoms with E-state index in [2.05, 4.69) is 15.6 Å². The molecule has 2 amide bonds. The number of ketones is 1. The molecule has 3 rings (SSSR count). The number of rotatable bonds is 11. The van der Waals surface area contributed by atoms with Crippen LogP contribution in [-0.4, -0.2) is 40.6 Å². The summed E-state index contributed by atoms with van der Waals surface area (Å²) in [6.07, 6.45) is 4.59. The Morgan fingerprint density at radius 3 is 2.33 bits per heavy atom. The quantitative estimate of drug-likeness (QED) is 0.259. The number of ether oxygens (including phenoxy) is 2. The van der Waals surface area contributed by atoms with Gasteiger partial charge in [0, 0.05) is 29.6 Å². The van der Waals surface area contributed by atoms with Gasteiger partial charge >= 0.3 is 12.2 Å². The number of nitrogens with one attached hydrogen (secondary N) is 3. The Hall–Kier alpha value is -4.07. The highest BCUT2D eigenvalue weighted by Gasteiger charge is 2.24. The van der Waals surface area contributed by atoms with Crippen molar-refractivity contribution in [1.82, 2.24) is 15.6 Å². The Morgan fingerprint density at radius 1 is 0.949 bits per heavy atom. The van der Waals surface area contributed by atoms with Crippen molar-refractivity contribution in [3.8, 4) is 0 Å². The lowest BCUT2D eigenvalue weighted by Gasteiger charge is -2.23. The number of H-pyrrole nitrogens is 1. The van der Waals surface area contributed by atoms with Gasteiger partial charge in [0.05, 0.1) is 6.04 Å².